The summed E-state index contributed by atoms with van der Waals surface area (Å²) in [6.45, 7) is 0.814. The van der Waals surface area contributed by atoms with Crippen LogP contribution in [0.2, 0.25) is 0 Å². The van der Waals surface area contributed by atoms with Gasteiger partial charge in [0.1, 0.15) is 5.75 Å². The molecule has 3 rings (SSSR count). The Balaban J connectivity index is 1.60. The Labute approximate surface area is 186 Å². The SMILES string of the molecule is COc1cc(-c2ccccc2)ccc1CN1CCN(C(=O)OC(C(F)(F)F)C(F)(F)F)CC1. The smallest absolute Gasteiger partial charge is 0.434 e. The molecule has 0 atom stereocenters. The lowest BCUT2D eigenvalue weighted by molar-refractivity contribution is -0.308. The van der Waals surface area contributed by atoms with Gasteiger partial charge in [-0.1, -0.05) is 42.5 Å². The molecule has 0 aromatic heterocycles. The second-order valence-corrected chi connectivity index (χ2v) is 7.50. The van der Waals surface area contributed by atoms with E-state index in [-0.39, 0.29) is 26.2 Å². The van der Waals surface area contributed by atoms with Crippen molar-refractivity contribution in [3.05, 3.63) is 54.1 Å². The summed E-state index contributed by atoms with van der Waals surface area (Å²) in [5.41, 5.74) is 2.85. The van der Waals surface area contributed by atoms with E-state index in [4.69, 9.17) is 4.74 Å². The predicted octanol–water partition coefficient (Wildman–Crippen LogP) is 5.11. The molecule has 2 aromatic rings. The summed E-state index contributed by atoms with van der Waals surface area (Å²) in [7, 11) is 1.54. The van der Waals surface area contributed by atoms with Gasteiger partial charge in [-0.05, 0) is 17.2 Å². The summed E-state index contributed by atoms with van der Waals surface area (Å²) < 4.78 is 85.0. The number of benzene rings is 2. The lowest BCUT2D eigenvalue weighted by Crippen LogP contribution is -2.52. The standard InChI is InChI=1S/C22H22F6N2O3/c1-32-18-13-16(15-5-3-2-4-6-15)7-8-17(18)14-29-9-11-30(12-10-29)20(31)33-19(21(23,24)25)22(26,27)28/h2-8,13,19H,9-12,14H2,1H3. The van der Waals surface area contributed by atoms with Crippen LogP contribution >= 0.6 is 0 Å². The molecular weight excluding hydrogens is 454 g/mol. The molecule has 180 valence electrons. The van der Waals surface area contributed by atoms with Crippen LogP contribution in [0, 0.1) is 0 Å². The first kappa shape index (κ1) is 24.7. The van der Waals surface area contributed by atoms with Gasteiger partial charge in [-0.3, -0.25) is 4.90 Å². The molecule has 0 unspecified atom stereocenters. The topological polar surface area (TPSA) is 42.0 Å². The third kappa shape index (κ3) is 6.31. The molecule has 11 heteroatoms. The molecule has 1 amide bonds. The summed E-state index contributed by atoms with van der Waals surface area (Å²) >= 11 is 0. The fraction of sp³-hybridized carbons (Fsp3) is 0.409. The summed E-state index contributed by atoms with van der Waals surface area (Å²) in [6, 6.07) is 15.4. The first-order valence-corrected chi connectivity index (χ1v) is 10.0. The van der Waals surface area contributed by atoms with Gasteiger partial charge >= 0.3 is 18.4 Å². The number of hydrogen-bond donors (Lipinski definition) is 0. The van der Waals surface area contributed by atoms with Gasteiger partial charge in [0.05, 0.1) is 7.11 Å². The van der Waals surface area contributed by atoms with Crippen molar-refractivity contribution in [3.63, 3.8) is 0 Å². The molecule has 33 heavy (non-hydrogen) atoms. The molecule has 1 saturated heterocycles. The van der Waals surface area contributed by atoms with Gasteiger partial charge in [-0.15, -0.1) is 0 Å². The van der Waals surface area contributed by atoms with Crippen molar-refractivity contribution in [2.75, 3.05) is 33.3 Å². The minimum Gasteiger partial charge on any atom is -0.496 e. The second kappa shape index (κ2) is 9.90. The van der Waals surface area contributed by atoms with Crippen LogP contribution in [0.15, 0.2) is 48.5 Å². The quantitative estimate of drug-likeness (QED) is 0.563. The summed E-state index contributed by atoms with van der Waals surface area (Å²) in [5.74, 6) is 0.649. The van der Waals surface area contributed by atoms with E-state index in [2.05, 4.69) is 4.74 Å². The van der Waals surface area contributed by atoms with Crippen molar-refractivity contribution in [1.29, 1.82) is 0 Å². The normalized spacial score (nSPS) is 15.6. The predicted molar refractivity (Wildman–Crippen MR) is 108 cm³/mol. The zero-order valence-corrected chi connectivity index (χ0v) is 17.6. The van der Waals surface area contributed by atoms with E-state index < -0.39 is 24.5 Å². The van der Waals surface area contributed by atoms with Crippen LogP contribution in [0.25, 0.3) is 11.1 Å². The largest absolute Gasteiger partial charge is 0.496 e. The number of methoxy groups -OCH3 is 1. The average Bonchev–Trinajstić information content (AvgIpc) is 2.77. The highest BCUT2D eigenvalue weighted by Gasteiger charge is 2.60. The van der Waals surface area contributed by atoms with Gasteiger partial charge in [0.2, 0.25) is 0 Å². The molecule has 0 spiro atoms. The molecule has 0 radical (unpaired) electrons. The number of carbonyl (C=O) groups is 1. The molecule has 1 aliphatic heterocycles. The summed E-state index contributed by atoms with van der Waals surface area (Å²) in [6.07, 6.45) is -17.3. The maximum Gasteiger partial charge on any atom is 0.434 e. The van der Waals surface area contributed by atoms with Gasteiger partial charge in [-0.2, -0.15) is 26.3 Å². The molecule has 2 aromatic carbocycles. The number of hydrogen-bond acceptors (Lipinski definition) is 4. The van der Waals surface area contributed by atoms with E-state index in [1.807, 2.05) is 53.4 Å². The van der Waals surface area contributed by atoms with Gasteiger partial charge in [0.25, 0.3) is 6.10 Å². The lowest BCUT2D eigenvalue weighted by Gasteiger charge is -2.35. The third-order valence-corrected chi connectivity index (χ3v) is 5.23. The third-order valence-electron chi connectivity index (χ3n) is 5.23. The Morgan fingerprint density at radius 2 is 1.52 bits per heavy atom. The molecule has 0 aliphatic carbocycles. The number of piperazine rings is 1. The van der Waals surface area contributed by atoms with Crippen LogP contribution in [0.3, 0.4) is 0 Å². The van der Waals surface area contributed by atoms with Crippen LogP contribution < -0.4 is 4.74 Å². The van der Waals surface area contributed by atoms with E-state index >= 15 is 0 Å². The molecule has 0 saturated carbocycles. The minimum absolute atomic E-state index is 0.0638. The Bertz CT molecular complexity index is 927. The van der Waals surface area contributed by atoms with E-state index in [1.54, 1.807) is 7.11 Å². The number of rotatable bonds is 5. The number of nitrogens with zero attached hydrogens (tertiary/aromatic N) is 2. The molecule has 5 nitrogen and oxygen atoms in total. The molecule has 0 N–H and O–H groups in total. The zero-order chi connectivity index (χ0) is 24.2. The fourth-order valence-electron chi connectivity index (χ4n) is 3.51. The highest BCUT2D eigenvalue weighted by atomic mass is 19.4. The highest BCUT2D eigenvalue weighted by molar-refractivity contribution is 5.68. The Hall–Kier alpha value is -2.95. The fourth-order valence-corrected chi connectivity index (χ4v) is 3.51. The van der Waals surface area contributed by atoms with Crippen LogP contribution in [-0.2, 0) is 11.3 Å². The lowest BCUT2D eigenvalue weighted by atomic mass is 10.0. The van der Waals surface area contributed by atoms with Gasteiger partial charge in [-0.25, -0.2) is 4.79 Å². The molecule has 0 bridgehead atoms. The molecule has 1 aliphatic rings. The highest BCUT2D eigenvalue weighted by Crippen LogP contribution is 2.36. The van der Waals surface area contributed by atoms with Crippen molar-refractivity contribution < 1.29 is 40.6 Å². The average molecular weight is 476 g/mol. The molecule has 1 heterocycles. The van der Waals surface area contributed by atoms with Crippen LogP contribution in [0.1, 0.15) is 5.56 Å². The van der Waals surface area contributed by atoms with E-state index in [1.165, 1.54) is 0 Å². The number of amides is 1. The Morgan fingerprint density at radius 3 is 2.06 bits per heavy atom. The second-order valence-electron chi connectivity index (χ2n) is 7.50. The monoisotopic (exact) mass is 476 g/mol. The van der Waals surface area contributed by atoms with Crippen LogP contribution in [0.5, 0.6) is 5.75 Å². The maximum atomic E-state index is 12.6. The summed E-state index contributed by atoms with van der Waals surface area (Å²) in [4.78, 5) is 14.7. The molecule has 1 fully saturated rings. The first-order chi connectivity index (χ1) is 15.5. The van der Waals surface area contributed by atoms with Crippen molar-refractivity contribution in [2.45, 2.75) is 25.0 Å². The molecular formula is C22H22F6N2O3. The van der Waals surface area contributed by atoms with E-state index in [0.717, 1.165) is 21.6 Å². The van der Waals surface area contributed by atoms with E-state index in [0.29, 0.717) is 12.3 Å². The Kier molecular flexibility index (Phi) is 7.41. The van der Waals surface area contributed by atoms with Crippen LogP contribution in [-0.4, -0.2) is 67.6 Å². The van der Waals surface area contributed by atoms with Gasteiger partial charge < -0.3 is 14.4 Å². The minimum atomic E-state index is -5.74. The number of carbonyl (C=O) groups excluding carboxylic acids is 1. The number of alkyl halides is 6. The van der Waals surface area contributed by atoms with Crippen molar-refractivity contribution in [3.8, 4) is 16.9 Å². The summed E-state index contributed by atoms with van der Waals surface area (Å²) in [5, 5.41) is 0. The maximum absolute atomic E-state index is 12.6. The number of halogens is 6. The van der Waals surface area contributed by atoms with Crippen LogP contribution in [0.4, 0.5) is 31.1 Å². The number of ether oxygens (including phenoxy) is 2. The van der Waals surface area contributed by atoms with Crippen molar-refractivity contribution in [2.24, 2.45) is 0 Å². The van der Waals surface area contributed by atoms with Gasteiger partial charge in [0.15, 0.2) is 0 Å². The van der Waals surface area contributed by atoms with E-state index in [9.17, 15) is 31.1 Å². The first-order valence-electron chi connectivity index (χ1n) is 10.0. The zero-order valence-electron chi connectivity index (χ0n) is 17.6. The van der Waals surface area contributed by atoms with Crippen molar-refractivity contribution in [1.82, 2.24) is 9.80 Å². The van der Waals surface area contributed by atoms with Gasteiger partial charge in [0, 0.05) is 38.3 Å². The van der Waals surface area contributed by atoms with Crippen molar-refractivity contribution >= 4 is 6.09 Å². The Morgan fingerprint density at radius 1 is 0.909 bits per heavy atom.